The zero-order chi connectivity index (χ0) is 43.3. The Morgan fingerprint density at radius 1 is 0.303 bits per heavy atom. The van der Waals surface area contributed by atoms with Crippen molar-refractivity contribution in [1.29, 1.82) is 0 Å². The summed E-state index contributed by atoms with van der Waals surface area (Å²) in [6.07, 6.45) is 0. The fraction of sp³-hybridized carbons (Fsp3) is 0. The van der Waals surface area contributed by atoms with Gasteiger partial charge in [0.15, 0.2) is 8.07 Å². The van der Waals surface area contributed by atoms with Gasteiger partial charge >= 0.3 is 0 Å². The predicted octanol–water partition coefficient (Wildman–Crippen LogP) is 9.99. The van der Waals surface area contributed by atoms with E-state index in [1.54, 1.807) is 0 Å². The Morgan fingerprint density at radius 2 is 0.727 bits per heavy atom. The van der Waals surface area contributed by atoms with E-state index in [0.29, 0.717) is 0 Å². The zero-order valence-corrected chi connectivity index (χ0v) is 36.8. The first-order valence-corrected chi connectivity index (χ1v) is 24.7. The number of hydrogen-bond donors (Lipinski definition) is 0. The van der Waals surface area contributed by atoms with Crippen LogP contribution in [0.15, 0.2) is 237 Å². The van der Waals surface area contributed by atoms with Crippen LogP contribution in [0.4, 0.5) is 0 Å². The number of nitrogens with zero attached hydrogens (tertiary/aromatic N) is 2. The number of fused-ring (bicyclic) bond motifs is 10. The topological polar surface area (TPSA) is 28.3 Å². The van der Waals surface area contributed by atoms with E-state index in [1.165, 1.54) is 53.3 Å². The van der Waals surface area contributed by atoms with Gasteiger partial charge in [-0.2, -0.15) is 0 Å². The summed E-state index contributed by atoms with van der Waals surface area (Å²) in [5.74, 6) is 3.39. The van der Waals surface area contributed by atoms with Crippen LogP contribution in [0, 0.1) is 0 Å². The minimum absolute atomic E-state index is 0.000440. The second-order valence-electron chi connectivity index (χ2n) is 17.6. The molecule has 6 heteroatoms. The van der Waals surface area contributed by atoms with E-state index in [0.717, 1.165) is 61.8 Å². The molecular weight excluding hydrogens is 820 g/mol. The van der Waals surface area contributed by atoms with Gasteiger partial charge in [-0.15, -0.1) is 0 Å². The molecule has 2 aromatic heterocycles. The molecule has 0 saturated heterocycles. The summed E-state index contributed by atoms with van der Waals surface area (Å²) in [7, 11) is -2.87. The smallest absolute Gasteiger partial charge is 0.260 e. The molecule has 4 nitrogen and oxygen atoms in total. The van der Waals surface area contributed by atoms with Crippen LogP contribution in [0.3, 0.4) is 0 Å². The number of aromatic nitrogens is 2. The Balaban J connectivity index is 1.07. The molecule has 0 radical (unpaired) electrons. The normalized spacial score (nSPS) is 12.8. The maximum Gasteiger partial charge on any atom is 0.260 e. The van der Waals surface area contributed by atoms with Crippen molar-refractivity contribution in [3.8, 4) is 34.4 Å². The van der Waals surface area contributed by atoms with Crippen LogP contribution in [0.5, 0.6) is 23.0 Å². The van der Waals surface area contributed by atoms with Gasteiger partial charge in [0.05, 0.1) is 27.8 Å². The summed E-state index contributed by atoms with van der Waals surface area (Å²) in [4.78, 5) is 0. The van der Waals surface area contributed by atoms with Gasteiger partial charge in [-0.1, -0.05) is 176 Å². The standard InChI is InChI=1S/C60H39BN2O2Si/c1-4-18-42(19-5-1)66(43-20-6-2-7-21-43,44-22-8-3-9-23-44)45-33-35-55-49(39-45)48-36-40(62-52-28-14-10-24-46(52)47-25-11-15-29-53(47)62)32-34-54(48)63(55)41-37-58-60-59(38-41)65-57-31-17-13-27-51(57)61(60)50-26-12-16-30-56(50)64-58/h1-39H. The van der Waals surface area contributed by atoms with Crippen LogP contribution in [0.25, 0.3) is 55.0 Å². The Kier molecular flexibility index (Phi) is 8.06. The van der Waals surface area contributed by atoms with Crippen LogP contribution < -0.4 is 46.6 Å². The first-order valence-electron chi connectivity index (χ1n) is 22.7. The molecule has 0 bridgehead atoms. The van der Waals surface area contributed by atoms with Crippen LogP contribution >= 0.6 is 0 Å². The van der Waals surface area contributed by atoms with Crippen molar-refractivity contribution in [3.63, 3.8) is 0 Å². The molecule has 66 heavy (non-hydrogen) atoms. The van der Waals surface area contributed by atoms with Gasteiger partial charge in [-0.05, 0) is 80.2 Å². The molecule has 2 aliphatic heterocycles. The van der Waals surface area contributed by atoms with Crippen molar-refractivity contribution >= 4 is 95.5 Å². The molecule has 4 heterocycles. The Labute approximate surface area is 383 Å². The lowest BCUT2D eigenvalue weighted by Crippen LogP contribution is -2.74. The number of benzene rings is 10. The highest BCUT2D eigenvalue weighted by molar-refractivity contribution is 7.20. The third kappa shape index (κ3) is 5.27. The van der Waals surface area contributed by atoms with E-state index < -0.39 is 8.07 Å². The lowest BCUT2D eigenvalue weighted by Gasteiger charge is -2.34. The van der Waals surface area contributed by atoms with Gasteiger partial charge in [0, 0.05) is 44.8 Å². The lowest BCUT2D eigenvalue weighted by atomic mass is 9.35. The number of rotatable bonds is 6. The molecule has 0 spiro atoms. The fourth-order valence-corrected chi connectivity index (χ4v) is 16.2. The van der Waals surface area contributed by atoms with Crippen molar-refractivity contribution in [1.82, 2.24) is 9.13 Å². The molecule has 0 fully saturated rings. The third-order valence-electron chi connectivity index (χ3n) is 14.2. The maximum atomic E-state index is 6.87. The van der Waals surface area contributed by atoms with E-state index >= 15 is 0 Å². The number of ether oxygens (including phenoxy) is 2. The summed E-state index contributed by atoms with van der Waals surface area (Å²) in [6, 6.07) is 86.7. The third-order valence-corrected chi connectivity index (χ3v) is 19.0. The molecule has 0 atom stereocenters. The van der Waals surface area contributed by atoms with E-state index in [4.69, 9.17) is 9.47 Å². The van der Waals surface area contributed by atoms with Crippen LogP contribution in [0.1, 0.15) is 0 Å². The molecule has 0 N–H and O–H groups in total. The molecule has 12 aromatic rings. The SMILES string of the molecule is c1ccc([Si](c2ccccc2)(c2ccccc2)c2ccc3c(c2)c2cc(-n4c5ccccc5c5ccccc54)ccc2n3-c2cc3c4c(c2)Oc2ccccc2B4c2ccccc2O3)cc1. The van der Waals surface area contributed by atoms with Crippen molar-refractivity contribution in [2.75, 3.05) is 0 Å². The van der Waals surface area contributed by atoms with Gasteiger partial charge in [-0.3, -0.25) is 0 Å². The second-order valence-corrected chi connectivity index (χ2v) is 21.4. The predicted molar refractivity (Wildman–Crippen MR) is 276 cm³/mol. The largest absolute Gasteiger partial charge is 0.458 e. The fourth-order valence-electron chi connectivity index (χ4n) is 11.4. The quantitative estimate of drug-likeness (QED) is 0.123. The first kappa shape index (κ1) is 37.1. The van der Waals surface area contributed by atoms with Crippen molar-refractivity contribution < 1.29 is 9.47 Å². The lowest BCUT2D eigenvalue weighted by molar-refractivity contribution is 0.464. The van der Waals surface area contributed by atoms with Crippen molar-refractivity contribution in [2.45, 2.75) is 0 Å². The molecule has 0 aliphatic carbocycles. The molecule has 0 saturated carbocycles. The first-order chi connectivity index (χ1) is 32.7. The Morgan fingerprint density at radius 3 is 1.27 bits per heavy atom. The van der Waals surface area contributed by atoms with Crippen molar-refractivity contribution in [2.24, 2.45) is 0 Å². The van der Waals surface area contributed by atoms with Crippen LogP contribution in [-0.4, -0.2) is 23.9 Å². The minimum atomic E-state index is -2.87. The van der Waals surface area contributed by atoms with E-state index in [-0.39, 0.29) is 6.71 Å². The van der Waals surface area contributed by atoms with Gasteiger partial charge in [0.1, 0.15) is 23.0 Å². The van der Waals surface area contributed by atoms with Gasteiger partial charge in [0.25, 0.3) is 6.71 Å². The Bertz CT molecular complexity index is 3680. The Hall–Kier alpha value is -8.32. The second kappa shape index (κ2) is 14.3. The molecule has 308 valence electrons. The monoisotopic (exact) mass is 858 g/mol. The van der Waals surface area contributed by atoms with Crippen molar-refractivity contribution in [3.05, 3.63) is 237 Å². The van der Waals surface area contributed by atoms with Gasteiger partial charge in [-0.25, -0.2) is 0 Å². The average molecular weight is 859 g/mol. The summed E-state index contributed by atoms with van der Waals surface area (Å²) < 4.78 is 18.6. The average Bonchev–Trinajstić information content (AvgIpc) is 3.89. The van der Waals surface area contributed by atoms with E-state index in [1.807, 2.05) is 0 Å². The zero-order valence-electron chi connectivity index (χ0n) is 35.8. The highest BCUT2D eigenvalue weighted by Crippen LogP contribution is 2.41. The molecule has 0 unspecified atom stereocenters. The molecule has 14 rings (SSSR count). The minimum Gasteiger partial charge on any atom is -0.458 e. The molecule has 10 aromatic carbocycles. The van der Waals surface area contributed by atoms with E-state index in [2.05, 4.69) is 246 Å². The van der Waals surface area contributed by atoms with Crippen LogP contribution in [-0.2, 0) is 0 Å². The van der Waals surface area contributed by atoms with Crippen LogP contribution in [0.2, 0.25) is 0 Å². The summed E-state index contributed by atoms with van der Waals surface area (Å²) in [6.45, 7) is 0.000440. The summed E-state index contributed by atoms with van der Waals surface area (Å²) in [5.41, 5.74) is 10.1. The highest BCUT2D eigenvalue weighted by atomic mass is 28.3. The highest BCUT2D eigenvalue weighted by Gasteiger charge is 2.43. The van der Waals surface area contributed by atoms with Gasteiger partial charge in [0.2, 0.25) is 0 Å². The molecular formula is C60H39BN2O2Si. The molecule has 2 aliphatic rings. The summed E-state index contributed by atoms with van der Waals surface area (Å²) >= 11 is 0. The van der Waals surface area contributed by atoms with Gasteiger partial charge < -0.3 is 18.6 Å². The van der Waals surface area contributed by atoms with E-state index in [9.17, 15) is 0 Å². The maximum absolute atomic E-state index is 6.87. The summed E-state index contributed by atoms with van der Waals surface area (Å²) in [5, 5.41) is 10.2. The number of hydrogen-bond acceptors (Lipinski definition) is 2. The number of para-hydroxylation sites is 4. The molecule has 0 amide bonds.